The van der Waals surface area contributed by atoms with Gasteiger partial charge in [-0.25, -0.2) is 0 Å². The fraction of sp³-hybridized carbons (Fsp3) is 0.929. The normalized spacial score (nSPS) is 15.1. The number of hydrogen-bond acceptors (Lipinski definition) is 3. The number of hydrogen-bond donors (Lipinski definition) is 1. The van der Waals surface area contributed by atoms with Crippen LogP contribution in [0.4, 0.5) is 0 Å². The van der Waals surface area contributed by atoms with Crippen LogP contribution in [-0.2, 0) is 9.53 Å². The highest BCUT2D eigenvalue weighted by molar-refractivity contribution is 5.69. The second-order valence-corrected chi connectivity index (χ2v) is 5.87. The van der Waals surface area contributed by atoms with Crippen molar-refractivity contribution in [1.29, 1.82) is 0 Å². The van der Waals surface area contributed by atoms with Gasteiger partial charge in [-0.2, -0.15) is 0 Å². The molecule has 102 valence electrons. The van der Waals surface area contributed by atoms with Gasteiger partial charge in [-0.15, -0.1) is 0 Å². The zero-order valence-corrected chi connectivity index (χ0v) is 12.0. The highest BCUT2D eigenvalue weighted by Gasteiger charge is 2.17. The van der Waals surface area contributed by atoms with Crippen LogP contribution < -0.4 is 5.73 Å². The van der Waals surface area contributed by atoms with Gasteiger partial charge in [0, 0.05) is 6.42 Å². The Kier molecular flexibility index (Phi) is 8.23. The maximum Gasteiger partial charge on any atom is 0.306 e. The van der Waals surface area contributed by atoms with Gasteiger partial charge in [0.25, 0.3) is 0 Å². The van der Waals surface area contributed by atoms with Crippen LogP contribution in [0.1, 0.15) is 53.9 Å². The van der Waals surface area contributed by atoms with E-state index in [1.165, 1.54) is 0 Å². The number of esters is 1. The maximum absolute atomic E-state index is 11.7. The third kappa shape index (κ3) is 9.16. The number of ether oxygens (including phenoxy) is 1. The zero-order chi connectivity index (χ0) is 13.4. The predicted molar refractivity (Wildman–Crippen MR) is 71.6 cm³/mol. The summed E-state index contributed by atoms with van der Waals surface area (Å²) in [6.45, 7) is 11.1. The van der Waals surface area contributed by atoms with E-state index in [2.05, 4.69) is 27.7 Å². The van der Waals surface area contributed by atoms with Crippen LogP contribution in [0.25, 0.3) is 0 Å². The Morgan fingerprint density at radius 2 is 1.59 bits per heavy atom. The van der Waals surface area contributed by atoms with E-state index in [0.29, 0.717) is 24.8 Å². The Labute approximate surface area is 106 Å². The lowest BCUT2D eigenvalue weighted by Crippen LogP contribution is -2.24. The van der Waals surface area contributed by atoms with Crippen LogP contribution in [0.15, 0.2) is 0 Å². The topological polar surface area (TPSA) is 52.3 Å². The molecule has 0 bridgehead atoms. The molecule has 1 unspecified atom stereocenters. The summed E-state index contributed by atoms with van der Waals surface area (Å²) in [4.78, 5) is 11.7. The van der Waals surface area contributed by atoms with Crippen molar-refractivity contribution in [2.75, 3.05) is 6.54 Å². The Balaban J connectivity index is 3.97. The van der Waals surface area contributed by atoms with Crippen molar-refractivity contribution >= 4 is 5.97 Å². The van der Waals surface area contributed by atoms with E-state index in [1.54, 1.807) is 0 Å². The van der Waals surface area contributed by atoms with Crippen LogP contribution in [-0.4, -0.2) is 18.6 Å². The molecule has 2 atom stereocenters. The van der Waals surface area contributed by atoms with Crippen molar-refractivity contribution in [1.82, 2.24) is 0 Å². The predicted octanol–water partition coefficient (Wildman–Crippen LogP) is 2.98. The second kappa shape index (κ2) is 8.51. The smallest absolute Gasteiger partial charge is 0.306 e. The third-order valence-corrected chi connectivity index (χ3v) is 2.73. The number of carbonyl (C=O) groups is 1. The largest absolute Gasteiger partial charge is 0.463 e. The van der Waals surface area contributed by atoms with Gasteiger partial charge in [0.2, 0.25) is 0 Å². The van der Waals surface area contributed by atoms with Gasteiger partial charge < -0.3 is 10.5 Å². The lowest BCUT2D eigenvalue weighted by Gasteiger charge is -2.19. The number of carbonyl (C=O) groups excluding carboxylic acids is 1. The highest BCUT2D eigenvalue weighted by atomic mass is 16.5. The van der Waals surface area contributed by atoms with Crippen LogP contribution in [0.5, 0.6) is 0 Å². The fourth-order valence-corrected chi connectivity index (χ4v) is 2.15. The molecule has 0 fully saturated rings. The van der Waals surface area contributed by atoms with Crippen molar-refractivity contribution in [2.24, 2.45) is 23.5 Å². The molecule has 0 rings (SSSR count). The van der Waals surface area contributed by atoms with Crippen LogP contribution in [0.2, 0.25) is 0 Å². The maximum atomic E-state index is 11.7. The summed E-state index contributed by atoms with van der Waals surface area (Å²) in [6, 6.07) is 0. The Morgan fingerprint density at radius 1 is 1.06 bits per heavy atom. The molecule has 0 aromatic carbocycles. The monoisotopic (exact) mass is 243 g/mol. The Hall–Kier alpha value is -0.570. The van der Waals surface area contributed by atoms with E-state index in [4.69, 9.17) is 10.5 Å². The average Bonchev–Trinajstić information content (AvgIpc) is 2.13. The molecule has 0 saturated carbocycles. The molecule has 0 saturated heterocycles. The third-order valence-electron chi connectivity index (χ3n) is 2.73. The molecule has 3 heteroatoms. The average molecular weight is 243 g/mol. The van der Waals surface area contributed by atoms with Crippen molar-refractivity contribution < 1.29 is 9.53 Å². The van der Waals surface area contributed by atoms with Gasteiger partial charge in [0.1, 0.15) is 0 Å². The van der Waals surface area contributed by atoms with Crippen molar-refractivity contribution in [3.05, 3.63) is 0 Å². The lowest BCUT2D eigenvalue weighted by molar-refractivity contribution is -0.150. The highest BCUT2D eigenvalue weighted by Crippen LogP contribution is 2.16. The minimum Gasteiger partial charge on any atom is -0.463 e. The summed E-state index contributed by atoms with van der Waals surface area (Å²) in [5, 5.41) is 0. The Morgan fingerprint density at radius 3 is 2.00 bits per heavy atom. The van der Waals surface area contributed by atoms with Gasteiger partial charge >= 0.3 is 5.97 Å². The standard InChI is InChI=1S/C14H29NO2/c1-10(2)6-12(5)17-14(16)8-13(9-15)7-11(3)4/h10-13H,6-9,15H2,1-5H3/t12?,13-/m0/s1. The molecule has 0 spiro atoms. The van der Waals surface area contributed by atoms with Crippen LogP contribution in [0, 0.1) is 17.8 Å². The van der Waals surface area contributed by atoms with E-state index in [9.17, 15) is 4.79 Å². The van der Waals surface area contributed by atoms with Gasteiger partial charge in [-0.05, 0) is 44.1 Å². The SMILES string of the molecule is CC(C)CC(C)OC(=O)C[C@@H](CN)CC(C)C. The van der Waals surface area contributed by atoms with Crippen LogP contribution in [0.3, 0.4) is 0 Å². The summed E-state index contributed by atoms with van der Waals surface area (Å²) in [6.07, 6.45) is 2.38. The first-order valence-electron chi connectivity index (χ1n) is 6.74. The number of rotatable bonds is 8. The van der Waals surface area contributed by atoms with Crippen LogP contribution >= 0.6 is 0 Å². The molecule has 2 N–H and O–H groups in total. The summed E-state index contributed by atoms with van der Waals surface area (Å²) in [5.41, 5.74) is 5.67. The molecule has 0 amide bonds. The first kappa shape index (κ1) is 16.4. The summed E-state index contributed by atoms with van der Waals surface area (Å²) < 4.78 is 5.38. The van der Waals surface area contributed by atoms with E-state index >= 15 is 0 Å². The summed E-state index contributed by atoms with van der Waals surface area (Å²) in [7, 11) is 0. The quantitative estimate of drug-likeness (QED) is 0.667. The van der Waals surface area contributed by atoms with E-state index in [-0.39, 0.29) is 18.0 Å². The van der Waals surface area contributed by atoms with Gasteiger partial charge in [0.15, 0.2) is 0 Å². The molecule has 0 aliphatic carbocycles. The van der Waals surface area contributed by atoms with Gasteiger partial charge in [-0.3, -0.25) is 4.79 Å². The van der Waals surface area contributed by atoms with E-state index in [1.807, 2.05) is 6.92 Å². The minimum atomic E-state index is -0.103. The molecular weight excluding hydrogens is 214 g/mol. The second-order valence-electron chi connectivity index (χ2n) is 5.87. The minimum absolute atomic E-state index is 0.0139. The molecule has 0 radical (unpaired) electrons. The van der Waals surface area contributed by atoms with E-state index < -0.39 is 0 Å². The number of nitrogens with two attached hydrogens (primary N) is 1. The molecule has 3 nitrogen and oxygen atoms in total. The van der Waals surface area contributed by atoms with Gasteiger partial charge in [0.05, 0.1) is 6.10 Å². The molecule has 0 aromatic heterocycles. The van der Waals surface area contributed by atoms with E-state index in [0.717, 1.165) is 12.8 Å². The first-order valence-corrected chi connectivity index (χ1v) is 6.74. The first-order chi connectivity index (χ1) is 7.85. The van der Waals surface area contributed by atoms with Crippen molar-refractivity contribution in [3.8, 4) is 0 Å². The summed E-state index contributed by atoms with van der Waals surface area (Å²) in [5.74, 6) is 1.28. The molecule has 0 aliphatic heterocycles. The molecule has 17 heavy (non-hydrogen) atoms. The Bertz CT molecular complexity index is 214. The van der Waals surface area contributed by atoms with Crippen molar-refractivity contribution in [2.45, 2.75) is 60.0 Å². The molecule has 0 heterocycles. The zero-order valence-electron chi connectivity index (χ0n) is 12.0. The summed E-state index contributed by atoms with van der Waals surface area (Å²) >= 11 is 0. The molecule has 0 aliphatic rings. The molecular formula is C14H29NO2. The van der Waals surface area contributed by atoms with Gasteiger partial charge in [-0.1, -0.05) is 27.7 Å². The molecule has 0 aromatic rings. The fourth-order valence-electron chi connectivity index (χ4n) is 2.15. The van der Waals surface area contributed by atoms with Crippen molar-refractivity contribution in [3.63, 3.8) is 0 Å². The lowest BCUT2D eigenvalue weighted by atomic mass is 9.94.